The third-order valence-electron chi connectivity index (χ3n) is 2.07. The van der Waals surface area contributed by atoms with Gasteiger partial charge in [0, 0.05) is 6.61 Å². The molecule has 18 heavy (non-hydrogen) atoms. The molecule has 0 aliphatic heterocycles. The lowest BCUT2D eigenvalue weighted by Gasteiger charge is -2.06. The molecule has 102 valence electrons. The molecule has 0 radical (unpaired) electrons. The first kappa shape index (κ1) is 15.1. The number of hydrogen-bond acceptors (Lipinski definition) is 5. The van der Waals surface area contributed by atoms with Crippen LogP contribution in [0.2, 0.25) is 0 Å². The lowest BCUT2D eigenvalue weighted by Crippen LogP contribution is -2.13. The molecule has 0 heterocycles. The second-order valence-corrected chi connectivity index (χ2v) is 5.01. The van der Waals surface area contributed by atoms with Crippen LogP contribution in [0.25, 0.3) is 0 Å². The number of rotatable bonds is 9. The molecule has 0 unspecified atom stereocenters. The van der Waals surface area contributed by atoms with Crippen LogP contribution in [0.3, 0.4) is 0 Å². The van der Waals surface area contributed by atoms with Crippen LogP contribution in [0.1, 0.15) is 6.92 Å². The largest absolute Gasteiger partial charge is 0.379 e. The van der Waals surface area contributed by atoms with Crippen molar-refractivity contribution in [2.24, 2.45) is 0 Å². The predicted molar refractivity (Wildman–Crippen MR) is 66.9 cm³/mol. The maximum Gasteiger partial charge on any atom is 0.297 e. The summed E-state index contributed by atoms with van der Waals surface area (Å²) in [6, 6.07) is 8.02. The summed E-state index contributed by atoms with van der Waals surface area (Å²) in [4.78, 5) is 0.152. The Morgan fingerprint density at radius 3 is 2.22 bits per heavy atom. The predicted octanol–water partition coefficient (Wildman–Crippen LogP) is 1.45. The molecule has 5 nitrogen and oxygen atoms in total. The molecule has 0 saturated heterocycles. The SMILES string of the molecule is CCOCCOCCOS(=O)(=O)c1ccccc1. The molecular weight excluding hydrogens is 256 g/mol. The fraction of sp³-hybridized carbons (Fsp3) is 0.500. The third-order valence-corrected chi connectivity index (χ3v) is 3.40. The van der Waals surface area contributed by atoms with E-state index in [9.17, 15) is 8.42 Å². The van der Waals surface area contributed by atoms with Crippen molar-refractivity contribution in [1.82, 2.24) is 0 Å². The molecule has 0 fully saturated rings. The fourth-order valence-corrected chi connectivity index (χ4v) is 2.14. The molecule has 1 aromatic rings. The average Bonchev–Trinajstić information content (AvgIpc) is 2.39. The zero-order valence-electron chi connectivity index (χ0n) is 10.4. The highest BCUT2D eigenvalue weighted by atomic mass is 32.2. The summed E-state index contributed by atoms with van der Waals surface area (Å²) in [6.07, 6.45) is 0. The molecule has 1 aromatic carbocycles. The summed E-state index contributed by atoms with van der Waals surface area (Å²) >= 11 is 0. The van der Waals surface area contributed by atoms with Gasteiger partial charge in [-0.25, -0.2) is 0 Å². The van der Waals surface area contributed by atoms with Gasteiger partial charge in [-0.3, -0.25) is 4.18 Å². The van der Waals surface area contributed by atoms with Crippen molar-refractivity contribution in [3.63, 3.8) is 0 Å². The van der Waals surface area contributed by atoms with Gasteiger partial charge in [0.1, 0.15) is 0 Å². The standard InChI is InChI=1S/C12H18O5S/c1-2-15-8-9-16-10-11-17-18(13,14)12-6-4-3-5-7-12/h3-7H,2,8-11H2,1H3. The fourth-order valence-electron chi connectivity index (χ4n) is 1.22. The summed E-state index contributed by atoms with van der Waals surface area (Å²) < 4.78 is 38.4. The molecule has 0 aliphatic carbocycles. The van der Waals surface area contributed by atoms with Crippen molar-refractivity contribution in [1.29, 1.82) is 0 Å². The van der Waals surface area contributed by atoms with E-state index in [4.69, 9.17) is 13.7 Å². The Kier molecular flexibility index (Phi) is 6.89. The summed E-state index contributed by atoms with van der Waals surface area (Å²) in [5.41, 5.74) is 0. The minimum Gasteiger partial charge on any atom is -0.379 e. The number of ether oxygens (including phenoxy) is 2. The molecule has 1 rings (SSSR count). The Morgan fingerprint density at radius 2 is 1.56 bits per heavy atom. The van der Waals surface area contributed by atoms with Crippen LogP contribution >= 0.6 is 0 Å². The monoisotopic (exact) mass is 274 g/mol. The van der Waals surface area contributed by atoms with Gasteiger partial charge in [0.25, 0.3) is 10.1 Å². The first-order valence-corrected chi connectivity index (χ1v) is 7.17. The summed E-state index contributed by atoms with van der Waals surface area (Å²) in [5, 5.41) is 0. The van der Waals surface area contributed by atoms with E-state index in [0.29, 0.717) is 19.8 Å². The normalized spacial score (nSPS) is 11.6. The molecule has 0 amide bonds. The van der Waals surface area contributed by atoms with Gasteiger partial charge in [-0.15, -0.1) is 0 Å². The van der Waals surface area contributed by atoms with Crippen molar-refractivity contribution >= 4 is 10.1 Å². The Hall–Kier alpha value is -0.950. The van der Waals surface area contributed by atoms with Crippen molar-refractivity contribution in [3.8, 4) is 0 Å². The molecule has 0 spiro atoms. The van der Waals surface area contributed by atoms with E-state index in [1.54, 1.807) is 18.2 Å². The summed E-state index contributed by atoms with van der Waals surface area (Å²) in [6.45, 7) is 3.70. The minimum absolute atomic E-state index is 0.00333. The third kappa shape index (κ3) is 5.59. The molecule has 0 saturated carbocycles. The van der Waals surface area contributed by atoms with Crippen molar-refractivity contribution < 1.29 is 22.1 Å². The molecule has 6 heteroatoms. The molecule has 0 aromatic heterocycles. The Morgan fingerprint density at radius 1 is 0.944 bits per heavy atom. The Bertz CT molecular complexity index is 415. The van der Waals surface area contributed by atoms with E-state index in [-0.39, 0.29) is 18.1 Å². The van der Waals surface area contributed by atoms with E-state index >= 15 is 0 Å². The van der Waals surface area contributed by atoms with Crippen LogP contribution in [0, 0.1) is 0 Å². The second-order valence-electron chi connectivity index (χ2n) is 3.40. The average molecular weight is 274 g/mol. The zero-order valence-corrected chi connectivity index (χ0v) is 11.2. The van der Waals surface area contributed by atoms with E-state index in [1.165, 1.54) is 12.1 Å². The lowest BCUT2D eigenvalue weighted by atomic mass is 10.4. The minimum atomic E-state index is -3.67. The molecule has 0 aliphatic rings. The highest BCUT2D eigenvalue weighted by Gasteiger charge is 2.13. The van der Waals surface area contributed by atoms with Crippen LogP contribution in [-0.4, -0.2) is 41.5 Å². The topological polar surface area (TPSA) is 61.8 Å². The van der Waals surface area contributed by atoms with Gasteiger partial charge in [-0.2, -0.15) is 8.42 Å². The van der Waals surface area contributed by atoms with Crippen molar-refractivity contribution in [3.05, 3.63) is 30.3 Å². The second kappa shape index (κ2) is 8.20. The van der Waals surface area contributed by atoms with Crippen LogP contribution < -0.4 is 0 Å². The highest BCUT2D eigenvalue weighted by Crippen LogP contribution is 2.10. The van der Waals surface area contributed by atoms with Crippen LogP contribution in [-0.2, 0) is 23.8 Å². The number of hydrogen-bond donors (Lipinski definition) is 0. The van der Waals surface area contributed by atoms with Crippen LogP contribution in [0.5, 0.6) is 0 Å². The van der Waals surface area contributed by atoms with Gasteiger partial charge in [0.05, 0.1) is 31.3 Å². The van der Waals surface area contributed by atoms with E-state index in [1.807, 2.05) is 6.92 Å². The Labute approximate surface area is 108 Å². The van der Waals surface area contributed by atoms with Gasteiger partial charge in [0.15, 0.2) is 0 Å². The Balaban J connectivity index is 2.23. The van der Waals surface area contributed by atoms with Crippen LogP contribution in [0.4, 0.5) is 0 Å². The van der Waals surface area contributed by atoms with E-state index < -0.39 is 10.1 Å². The first-order valence-electron chi connectivity index (χ1n) is 5.77. The zero-order chi connectivity index (χ0) is 13.3. The van der Waals surface area contributed by atoms with E-state index in [2.05, 4.69) is 0 Å². The lowest BCUT2D eigenvalue weighted by molar-refractivity contribution is 0.0413. The molecule has 0 bridgehead atoms. The highest BCUT2D eigenvalue weighted by molar-refractivity contribution is 7.86. The van der Waals surface area contributed by atoms with Crippen molar-refractivity contribution in [2.75, 3.05) is 33.0 Å². The van der Waals surface area contributed by atoms with Gasteiger partial charge in [0.2, 0.25) is 0 Å². The molecule has 0 atom stereocenters. The van der Waals surface area contributed by atoms with Gasteiger partial charge in [-0.05, 0) is 19.1 Å². The van der Waals surface area contributed by atoms with Crippen LogP contribution in [0.15, 0.2) is 35.2 Å². The van der Waals surface area contributed by atoms with E-state index in [0.717, 1.165) is 0 Å². The maximum absolute atomic E-state index is 11.7. The quantitative estimate of drug-likeness (QED) is 0.504. The number of benzene rings is 1. The summed E-state index contributed by atoms with van der Waals surface area (Å²) in [5.74, 6) is 0. The summed E-state index contributed by atoms with van der Waals surface area (Å²) in [7, 11) is -3.67. The first-order chi connectivity index (χ1) is 8.67. The maximum atomic E-state index is 11.7. The van der Waals surface area contributed by atoms with Crippen molar-refractivity contribution in [2.45, 2.75) is 11.8 Å². The van der Waals surface area contributed by atoms with Gasteiger partial charge >= 0.3 is 0 Å². The smallest absolute Gasteiger partial charge is 0.297 e. The molecular formula is C12H18O5S. The van der Waals surface area contributed by atoms with Gasteiger partial charge < -0.3 is 9.47 Å². The molecule has 0 N–H and O–H groups in total. The van der Waals surface area contributed by atoms with Gasteiger partial charge in [-0.1, -0.05) is 18.2 Å².